The number of aryl methyl sites for hydroxylation is 1. The van der Waals surface area contributed by atoms with E-state index in [2.05, 4.69) is 17.5 Å². The maximum atomic E-state index is 13.2. The maximum absolute atomic E-state index is 13.2. The summed E-state index contributed by atoms with van der Waals surface area (Å²) in [5.41, 5.74) is 4.31. The van der Waals surface area contributed by atoms with E-state index in [1.807, 2.05) is 54.3 Å². The highest BCUT2D eigenvalue weighted by atomic mass is 16.5. The van der Waals surface area contributed by atoms with Crippen LogP contribution in [-0.4, -0.2) is 48.5 Å². The molecule has 1 amide bonds. The first kappa shape index (κ1) is 21.2. The number of nitriles is 2. The van der Waals surface area contributed by atoms with Crippen molar-refractivity contribution in [3.8, 4) is 12.1 Å². The molecule has 3 aliphatic heterocycles. The molecule has 7 nitrogen and oxygen atoms in total. The van der Waals surface area contributed by atoms with Gasteiger partial charge in [-0.05, 0) is 60.7 Å². The summed E-state index contributed by atoms with van der Waals surface area (Å²) in [6.07, 6.45) is 1.83. The summed E-state index contributed by atoms with van der Waals surface area (Å²) in [5, 5.41) is 21.9. The van der Waals surface area contributed by atoms with Crippen LogP contribution in [0, 0.1) is 29.6 Å². The molecular weight excluding hydrogens is 414 g/mol. The van der Waals surface area contributed by atoms with E-state index >= 15 is 0 Å². The van der Waals surface area contributed by atoms with Crippen LogP contribution in [0.4, 0.5) is 0 Å². The van der Waals surface area contributed by atoms with Gasteiger partial charge in [0.05, 0.1) is 17.7 Å². The molecule has 3 aliphatic rings. The van der Waals surface area contributed by atoms with Crippen molar-refractivity contribution in [2.75, 3.05) is 19.7 Å². The van der Waals surface area contributed by atoms with Crippen molar-refractivity contribution in [2.45, 2.75) is 43.9 Å². The van der Waals surface area contributed by atoms with Crippen molar-refractivity contribution in [1.29, 1.82) is 10.5 Å². The number of nitrogens with zero attached hydrogens (tertiary/aromatic N) is 4. The lowest BCUT2D eigenvalue weighted by Crippen LogP contribution is -2.48. The molecule has 166 valence electrons. The summed E-state index contributed by atoms with van der Waals surface area (Å²) < 4.78 is 5.74. The summed E-state index contributed by atoms with van der Waals surface area (Å²) in [7, 11) is 0. The van der Waals surface area contributed by atoms with E-state index in [-0.39, 0.29) is 24.0 Å². The van der Waals surface area contributed by atoms with E-state index in [1.54, 1.807) is 0 Å². The molecular formula is C26H25N5O2. The molecule has 3 unspecified atom stereocenters. The van der Waals surface area contributed by atoms with Crippen LogP contribution in [0.25, 0.3) is 0 Å². The lowest BCUT2D eigenvalue weighted by atomic mass is 9.89. The first-order chi connectivity index (χ1) is 16.1. The highest BCUT2D eigenvalue weighted by Gasteiger charge is 2.37. The SMILES string of the molecule is Cc1ccc(C(=O)N2CC(c3ccc(C#N)cc3)C2)cc1C1N=C(C2CCCO2)NC1C#N. The van der Waals surface area contributed by atoms with Crippen LogP contribution in [0.15, 0.2) is 47.5 Å². The average molecular weight is 440 g/mol. The van der Waals surface area contributed by atoms with Crippen LogP contribution < -0.4 is 5.32 Å². The summed E-state index contributed by atoms with van der Waals surface area (Å²) in [6, 6.07) is 16.9. The number of ether oxygens (including phenoxy) is 1. The van der Waals surface area contributed by atoms with Gasteiger partial charge in [-0.2, -0.15) is 10.5 Å². The van der Waals surface area contributed by atoms with E-state index < -0.39 is 6.04 Å². The van der Waals surface area contributed by atoms with Crippen LogP contribution >= 0.6 is 0 Å². The molecule has 0 saturated carbocycles. The number of hydrogen-bond acceptors (Lipinski definition) is 6. The molecule has 0 aliphatic carbocycles. The topological polar surface area (TPSA) is 102 Å². The number of aliphatic imine (C=N–C) groups is 1. The van der Waals surface area contributed by atoms with Gasteiger partial charge in [-0.25, -0.2) is 0 Å². The zero-order valence-electron chi connectivity index (χ0n) is 18.5. The van der Waals surface area contributed by atoms with Crippen molar-refractivity contribution < 1.29 is 9.53 Å². The Balaban J connectivity index is 1.32. The fourth-order valence-electron chi connectivity index (χ4n) is 4.78. The number of rotatable bonds is 4. The summed E-state index contributed by atoms with van der Waals surface area (Å²) in [6.45, 7) is 4.01. The second-order valence-corrected chi connectivity index (χ2v) is 8.92. The van der Waals surface area contributed by atoms with Gasteiger partial charge in [0.1, 0.15) is 24.0 Å². The molecule has 3 atom stereocenters. The van der Waals surface area contributed by atoms with E-state index in [1.165, 1.54) is 0 Å². The van der Waals surface area contributed by atoms with Crippen LogP contribution in [0.5, 0.6) is 0 Å². The van der Waals surface area contributed by atoms with E-state index in [9.17, 15) is 10.1 Å². The van der Waals surface area contributed by atoms with Crippen LogP contribution in [0.3, 0.4) is 0 Å². The number of likely N-dealkylation sites (tertiary alicyclic amines) is 1. The zero-order chi connectivity index (χ0) is 22.9. The number of amidine groups is 1. The number of benzene rings is 2. The minimum absolute atomic E-state index is 0.0102. The standard InChI is InChI=1S/C26H25N5O2/c1-16-4-7-19(26(32)31-14-20(15-31)18-8-5-17(12-27)6-9-18)11-21(16)24-22(13-28)29-25(30-24)23-3-2-10-33-23/h4-9,11,20,22-24H,2-3,10,14-15H2,1H3,(H,29,30). The Morgan fingerprint density at radius 2 is 1.97 bits per heavy atom. The maximum Gasteiger partial charge on any atom is 0.253 e. The molecule has 2 saturated heterocycles. The number of amides is 1. The summed E-state index contributed by atoms with van der Waals surface area (Å²) >= 11 is 0. The van der Waals surface area contributed by atoms with Gasteiger partial charge in [0.2, 0.25) is 0 Å². The molecule has 0 bridgehead atoms. The Kier molecular flexibility index (Phi) is 5.58. The monoisotopic (exact) mass is 439 g/mol. The summed E-state index contributed by atoms with van der Waals surface area (Å²) in [4.78, 5) is 19.8. The average Bonchev–Trinajstić information content (AvgIpc) is 3.48. The Morgan fingerprint density at radius 3 is 2.64 bits per heavy atom. The molecule has 2 fully saturated rings. The van der Waals surface area contributed by atoms with Gasteiger partial charge in [-0.1, -0.05) is 18.2 Å². The van der Waals surface area contributed by atoms with Crippen molar-refractivity contribution in [1.82, 2.24) is 10.2 Å². The minimum atomic E-state index is -0.474. The zero-order valence-corrected chi connectivity index (χ0v) is 18.5. The van der Waals surface area contributed by atoms with Gasteiger partial charge in [0.15, 0.2) is 0 Å². The molecule has 7 heteroatoms. The van der Waals surface area contributed by atoms with Gasteiger partial charge >= 0.3 is 0 Å². The Hall–Kier alpha value is -3.68. The second kappa shape index (κ2) is 8.69. The molecule has 3 heterocycles. The lowest BCUT2D eigenvalue weighted by Gasteiger charge is -2.39. The van der Waals surface area contributed by atoms with Crippen LogP contribution in [0.1, 0.15) is 57.4 Å². The number of carbonyl (C=O) groups excluding carboxylic acids is 1. The van der Waals surface area contributed by atoms with Gasteiger partial charge < -0.3 is 15.0 Å². The predicted octanol–water partition coefficient (Wildman–Crippen LogP) is 3.22. The number of hydrogen-bond donors (Lipinski definition) is 1. The highest BCUT2D eigenvalue weighted by Crippen LogP contribution is 2.33. The first-order valence-corrected chi connectivity index (χ1v) is 11.3. The highest BCUT2D eigenvalue weighted by molar-refractivity contribution is 5.95. The lowest BCUT2D eigenvalue weighted by molar-refractivity contribution is 0.0602. The van der Waals surface area contributed by atoms with Crippen molar-refractivity contribution >= 4 is 11.7 Å². The third kappa shape index (κ3) is 3.97. The smallest absolute Gasteiger partial charge is 0.253 e. The third-order valence-corrected chi connectivity index (χ3v) is 6.80. The van der Waals surface area contributed by atoms with Crippen LogP contribution in [-0.2, 0) is 4.74 Å². The van der Waals surface area contributed by atoms with Crippen molar-refractivity contribution in [3.05, 3.63) is 70.3 Å². The van der Waals surface area contributed by atoms with Crippen molar-refractivity contribution in [3.63, 3.8) is 0 Å². The quantitative estimate of drug-likeness (QED) is 0.788. The fraction of sp³-hybridized carbons (Fsp3) is 0.385. The second-order valence-electron chi connectivity index (χ2n) is 8.92. The summed E-state index contributed by atoms with van der Waals surface area (Å²) in [5.74, 6) is 1.02. The molecule has 1 N–H and O–H groups in total. The van der Waals surface area contributed by atoms with Gasteiger partial charge in [0.25, 0.3) is 5.91 Å². The minimum Gasteiger partial charge on any atom is -0.370 e. The molecule has 2 aromatic rings. The van der Waals surface area contributed by atoms with Crippen molar-refractivity contribution in [2.24, 2.45) is 4.99 Å². The number of nitrogens with one attached hydrogen (secondary N) is 1. The van der Waals surface area contributed by atoms with E-state index in [0.717, 1.165) is 42.0 Å². The first-order valence-electron chi connectivity index (χ1n) is 11.3. The molecule has 2 aromatic carbocycles. The largest absolute Gasteiger partial charge is 0.370 e. The fourth-order valence-corrected chi connectivity index (χ4v) is 4.78. The molecule has 0 aromatic heterocycles. The molecule has 0 spiro atoms. The molecule has 0 radical (unpaired) electrons. The Morgan fingerprint density at radius 1 is 1.18 bits per heavy atom. The molecule has 5 rings (SSSR count). The van der Waals surface area contributed by atoms with Gasteiger partial charge in [-0.15, -0.1) is 0 Å². The van der Waals surface area contributed by atoms with Gasteiger partial charge in [-0.3, -0.25) is 9.79 Å². The van der Waals surface area contributed by atoms with E-state index in [0.29, 0.717) is 24.2 Å². The van der Waals surface area contributed by atoms with E-state index in [4.69, 9.17) is 15.0 Å². The predicted molar refractivity (Wildman–Crippen MR) is 123 cm³/mol. The van der Waals surface area contributed by atoms with Crippen LogP contribution in [0.2, 0.25) is 0 Å². The number of carbonyl (C=O) groups is 1. The third-order valence-electron chi connectivity index (χ3n) is 6.80. The Labute approximate surface area is 193 Å². The normalized spacial score (nSPS) is 24.4. The molecule has 33 heavy (non-hydrogen) atoms. The van der Waals surface area contributed by atoms with Gasteiger partial charge in [0, 0.05) is 31.2 Å². The Bertz CT molecular complexity index is 1180.